The summed E-state index contributed by atoms with van der Waals surface area (Å²) < 4.78 is 5.45. The van der Waals surface area contributed by atoms with Crippen LogP contribution in [0.2, 0.25) is 5.22 Å². The average Bonchev–Trinajstić information content (AvgIpc) is 3.21. The van der Waals surface area contributed by atoms with Crippen molar-refractivity contribution in [3.63, 3.8) is 0 Å². The Morgan fingerprint density at radius 3 is 2.63 bits per heavy atom. The lowest BCUT2D eigenvalue weighted by Crippen LogP contribution is -2.43. The van der Waals surface area contributed by atoms with E-state index in [4.69, 9.17) is 16.0 Å². The summed E-state index contributed by atoms with van der Waals surface area (Å²) in [5.74, 6) is 0.261. The lowest BCUT2D eigenvalue weighted by atomic mass is 9.96. The fraction of sp³-hybridized carbons (Fsp3) is 0.250. The maximum Gasteiger partial charge on any atom is 0.253 e. The van der Waals surface area contributed by atoms with E-state index in [1.54, 1.807) is 29.2 Å². The maximum atomic E-state index is 13.1. The molecular weight excluding hydrogens is 400 g/mol. The monoisotopic (exact) mass is 422 g/mol. The Hall–Kier alpha value is -3.05. The van der Waals surface area contributed by atoms with Crippen molar-refractivity contribution in [2.75, 3.05) is 18.4 Å². The molecular formula is C24H23ClN2O3. The van der Waals surface area contributed by atoms with Crippen molar-refractivity contribution in [1.82, 2.24) is 4.90 Å². The summed E-state index contributed by atoms with van der Waals surface area (Å²) in [5, 5.41) is 3.27. The Bertz CT molecular complexity index is 1060. The molecule has 4 rings (SSSR count). The summed E-state index contributed by atoms with van der Waals surface area (Å²) in [4.78, 5) is 27.6. The third kappa shape index (κ3) is 4.57. The van der Waals surface area contributed by atoms with Gasteiger partial charge in [-0.25, -0.2) is 0 Å². The number of carbonyl (C=O) groups excluding carboxylic acids is 2. The molecule has 1 fully saturated rings. The van der Waals surface area contributed by atoms with Crippen LogP contribution in [0.3, 0.4) is 0 Å². The number of piperidine rings is 1. The van der Waals surface area contributed by atoms with Gasteiger partial charge in [0.2, 0.25) is 5.91 Å². The first-order valence-corrected chi connectivity index (χ1v) is 10.4. The second-order valence-electron chi connectivity index (χ2n) is 7.63. The molecule has 1 saturated heterocycles. The van der Waals surface area contributed by atoms with E-state index >= 15 is 0 Å². The van der Waals surface area contributed by atoms with Crippen LogP contribution < -0.4 is 5.32 Å². The summed E-state index contributed by atoms with van der Waals surface area (Å²) in [5.41, 5.74) is 3.28. The van der Waals surface area contributed by atoms with E-state index in [9.17, 15) is 9.59 Å². The van der Waals surface area contributed by atoms with Crippen molar-refractivity contribution >= 4 is 29.1 Å². The minimum atomic E-state index is -0.226. The van der Waals surface area contributed by atoms with Crippen molar-refractivity contribution in [1.29, 1.82) is 0 Å². The van der Waals surface area contributed by atoms with Crippen molar-refractivity contribution in [3.05, 3.63) is 77.0 Å². The van der Waals surface area contributed by atoms with E-state index in [2.05, 4.69) is 5.32 Å². The van der Waals surface area contributed by atoms with Gasteiger partial charge in [-0.2, -0.15) is 0 Å². The van der Waals surface area contributed by atoms with Gasteiger partial charge in [-0.1, -0.05) is 29.8 Å². The number of rotatable bonds is 4. The number of aryl methyl sites for hydroxylation is 1. The number of halogens is 1. The molecule has 0 saturated carbocycles. The molecule has 30 heavy (non-hydrogen) atoms. The number of likely N-dealkylation sites (tertiary alicyclic amines) is 1. The number of carbonyl (C=O) groups is 2. The molecule has 0 aliphatic carbocycles. The van der Waals surface area contributed by atoms with Gasteiger partial charge in [0, 0.05) is 29.9 Å². The number of furan rings is 1. The standard InChI is InChI=1S/C24H23ClN2O3/c1-16-7-9-20(10-8-16)26-23(28)19-6-3-13-27(15-19)24(29)18-5-2-4-17(14-18)21-11-12-22(25)30-21/h2,4-5,7-12,14,19H,3,6,13,15H2,1H3,(H,26,28). The SMILES string of the molecule is Cc1ccc(NC(=O)C2CCCN(C(=O)c3cccc(-c4ccc(Cl)o4)c3)C2)cc1. The molecule has 1 unspecified atom stereocenters. The zero-order chi connectivity index (χ0) is 21.1. The normalized spacial score (nSPS) is 16.3. The van der Waals surface area contributed by atoms with Gasteiger partial charge in [-0.15, -0.1) is 0 Å². The maximum absolute atomic E-state index is 13.1. The van der Waals surface area contributed by atoms with Gasteiger partial charge >= 0.3 is 0 Å². The Kier molecular flexibility index (Phi) is 5.91. The van der Waals surface area contributed by atoms with Crippen LogP contribution in [0.5, 0.6) is 0 Å². The molecule has 2 heterocycles. The molecule has 1 atom stereocenters. The fourth-order valence-corrected chi connectivity index (χ4v) is 3.86. The second kappa shape index (κ2) is 8.76. The number of nitrogens with one attached hydrogen (secondary N) is 1. The third-order valence-corrected chi connectivity index (χ3v) is 5.57. The molecule has 1 aliphatic rings. The van der Waals surface area contributed by atoms with Crippen LogP contribution in [0.15, 0.2) is 65.1 Å². The van der Waals surface area contributed by atoms with E-state index in [1.807, 2.05) is 43.3 Å². The van der Waals surface area contributed by atoms with E-state index in [1.165, 1.54) is 0 Å². The summed E-state index contributed by atoms with van der Waals surface area (Å²) in [6.07, 6.45) is 1.57. The number of anilines is 1. The molecule has 6 heteroatoms. The van der Waals surface area contributed by atoms with E-state index in [-0.39, 0.29) is 17.7 Å². The molecule has 0 bridgehead atoms. The van der Waals surface area contributed by atoms with Crippen LogP contribution in [0.1, 0.15) is 28.8 Å². The van der Waals surface area contributed by atoms with Gasteiger partial charge in [0.1, 0.15) is 5.76 Å². The van der Waals surface area contributed by atoms with E-state index < -0.39 is 0 Å². The van der Waals surface area contributed by atoms with Crippen molar-refractivity contribution in [2.45, 2.75) is 19.8 Å². The number of benzene rings is 2. The Labute approximate surface area is 180 Å². The van der Waals surface area contributed by atoms with Crippen LogP contribution in [0.4, 0.5) is 5.69 Å². The van der Waals surface area contributed by atoms with Crippen LogP contribution in [0, 0.1) is 12.8 Å². The Balaban J connectivity index is 1.44. The van der Waals surface area contributed by atoms with Crippen molar-refractivity contribution < 1.29 is 14.0 Å². The number of amides is 2. The molecule has 5 nitrogen and oxygen atoms in total. The first-order valence-electron chi connectivity index (χ1n) is 10.0. The van der Waals surface area contributed by atoms with Gasteiger partial charge in [-0.3, -0.25) is 9.59 Å². The topological polar surface area (TPSA) is 62.6 Å². The highest BCUT2D eigenvalue weighted by molar-refractivity contribution is 6.29. The zero-order valence-corrected chi connectivity index (χ0v) is 17.5. The molecule has 0 radical (unpaired) electrons. The Morgan fingerprint density at radius 2 is 1.90 bits per heavy atom. The number of nitrogens with zero attached hydrogens (tertiary/aromatic N) is 1. The quantitative estimate of drug-likeness (QED) is 0.612. The van der Waals surface area contributed by atoms with Crippen molar-refractivity contribution in [3.8, 4) is 11.3 Å². The third-order valence-electron chi connectivity index (χ3n) is 5.37. The summed E-state index contributed by atoms with van der Waals surface area (Å²) in [6, 6.07) is 18.4. The average molecular weight is 423 g/mol. The molecule has 1 N–H and O–H groups in total. The lowest BCUT2D eigenvalue weighted by molar-refractivity contribution is -0.121. The van der Waals surface area contributed by atoms with Crippen LogP contribution in [0.25, 0.3) is 11.3 Å². The largest absolute Gasteiger partial charge is 0.445 e. The molecule has 1 aromatic heterocycles. The van der Waals surface area contributed by atoms with Crippen LogP contribution in [-0.2, 0) is 4.79 Å². The predicted molar refractivity (Wildman–Crippen MR) is 118 cm³/mol. The summed E-state index contributed by atoms with van der Waals surface area (Å²) in [7, 11) is 0. The number of hydrogen-bond donors (Lipinski definition) is 1. The molecule has 2 amide bonds. The van der Waals surface area contributed by atoms with Gasteiger partial charge in [-0.05, 0) is 67.8 Å². The molecule has 3 aromatic rings. The Morgan fingerprint density at radius 1 is 1.10 bits per heavy atom. The first kappa shape index (κ1) is 20.2. The molecule has 154 valence electrons. The highest BCUT2D eigenvalue weighted by atomic mass is 35.5. The van der Waals surface area contributed by atoms with E-state index in [0.717, 1.165) is 29.7 Å². The van der Waals surface area contributed by atoms with Gasteiger partial charge in [0.15, 0.2) is 5.22 Å². The fourth-order valence-electron chi connectivity index (χ4n) is 3.71. The highest BCUT2D eigenvalue weighted by Crippen LogP contribution is 2.27. The predicted octanol–water partition coefficient (Wildman–Crippen LogP) is 5.40. The zero-order valence-electron chi connectivity index (χ0n) is 16.7. The van der Waals surface area contributed by atoms with Crippen LogP contribution in [-0.4, -0.2) is 29.8 Å². The number of hydrogen-bond acceptors (Lipinski definition) is 3. The van der Waals surface area contributed by atoms with Crippen LogP contribution >= 0.6 is 11.6 Å². The smallest absolute Gasteiger partial charge is 0.253 e. The minimum Gasteiger partial charge on any atom is -0.445 e. The van der Waals surface area contributed by atoms with Crippen molar-refractivity contribution in [2.24, 2.45) is 5.92 Å². The first-order chi connectivity index (χ1) is 14.5. The molecule has 2 aromatic carbocycles. The second-order valence-corrected chi connectivity index (χ2v) is 8.00. The minimum absolute atomic E-state index is 0.0460. The summed E-state index contributed by atoms with van der Waals surface area (Å²) in [6.45, 7) is 3.06. The summed E-state index contributed by atoms with van der Waals surface area (Å²) >= 11 is 5.87. The molecule has 0 spiro atoms. The van der Waals surface area contributed by atoms with Gasteiger partial charge < -0.3 is 14.6 Å². The molecule has 1 aliphatic heterocycles. The van der Waals surface area contributed by atoms with Gasteiger partial charge in [0.05, 0.1) is 5.92 Å². The van der Waals surface area contributed by atoms with E-state index in [0.29, 0.717) is 29.6 Å². The van der Waals surface area contributed by atoms with Gasteiger partial charge in [0.25, 0.3) is 5.91 Å². The lowest BCUT2D eigenvalue weighted by Gasteiger charge is -2.32. The highest BCUT2D eigenvalue weighted by Gasteiger charge is 2.29.